The van der Waals surface area contributed by atoms with Crippen molar-refractivity contribution in [2.45, 2.75) is 18.9 Å². The van der Waals surface area contributed by atoms with Crippen LogP contribution in [0.4, 0.5) is 5.95 Å². The lowest BCUT2D eigenvalue weighted by atomic mass is 9.94. The Hall–Kier alpha value is -5.12. The van der Waals surface area contributed by atoms with Gasteiger partial charge in [-0.05, 0) is 72.5 Å². The number of H-pyrrole nitrogens is 1. The predicted octanol–water partition coefficient (Wildman–Crippen LogP) is 4.22. The number of Topliss-reactive ketones (excluding diaryl/α,β-unsaturated/α-hetero) is 1. The van der Waals surface area contributed by atoms with Gasteiger partial charge < -0.3 is 24.7 Å². The first-order chi connectivity index (χ1) is 18.9. The average Bonchev–Trinajstić information content (AvgIpc) is 3.49. The number of rotatable bonds is 5. The first-order valence-corrected chi connectivity index (χ1v) is 12.3. The average molecular weight is 526 g/mol. The number of ether oxygens (including phenoxy) is 2. The van der Waals surface area contributed by atoms with Crippen LogP contribution in [0.3, 0.4) is 0 Å². The monoisotopic (exact) mass is 525 g/mol. The number of aryl methyl sites for hydroxylation is 1. The number of ketones is 1. The molecule has 0 aliphatic carbocycles. The summed E-state index contributed by atoms with van der Waals surface area (Å²) in [4.78, 5) is 47.1. The molecule has 0 saturated carbocycles. The lowest BCUT2D eigenvalue weighted by molar-refractivity contribution is -0.132. The number of aromatic nitrogens is 2. The zero-order chi connectivity index (χ0) is 27.3. The molecular weight excluding hydrogens is 502 g/mol. The van der Waals surface area contributed by atoms with E-state index in [1.54, 1.807) is 42.5 Å². The van der Waals surface area contributed by atoms with Gasteiger partial charge in [-0.2, -0.15) is 0 Å². The second-order valence-electron chi connectivity index (χ2n) is 9.32. The van der Waals surface area contributed by atoms with Crippen LogP contribution in [-0.2, 0) is 16.0 Å². The molecular formula is C29H23N3O7. The first kappa shape index (κ1) is 24.2. The fraction of sp³-hybridized carbons (Fsp3) is 0.172. The number of hydrogen-bond donors (Lipinski definition) is 3. The summed E-state index contributed by atoms with van der Waals surface area (Å²) in [6, 6.07) is 15.3. The number of carbonyl (C=O) groups excluding carboxylic acids is 2. The van der Waals surface area contributed by atoms with Gasteiger partial charge in [0.1, 0.15) is 17.3 Å². The summed E-state index contributed by atoms with van der Waals surface area (Å²) in [6.45, 7) is 0.616. The fourth-order valence-corrected chi connectivity index (χ4v) is 5.08. The van der Waals surface area contributed by atoms with Crippen molar-refractivity contribution in [3.05, 3.63) is 88.5 Å². The van der Waals surface area contributed by atoms with Gasteiger partial charge in [-0.15, -0.1) is 0 Å². The van der Waals surface area contributed by atoms with E-state index in [0.29, 0.717) is 34.5 Å². The Morgan fingerprint density at radius 1 is 1.08 bits per heavy atom. The zero-order valence-corrected chi connectivity index (χ0v) is 20.8. The van der Waals surface area contributed by atoms with Crippen LogP contribution in [0.5, 0.6) is 11.5 Å². The third-order valence-corrected chi connectivity index (χ3v) is 6.98. The van der Waals surface area contributed by atoms with Crippen molar-refractivity contribution in [1.82, 2.24) is 9.97 Å². The molecule has 1 saturated heterocycles. The van der Waals surface area contributed by atoms with Crippen LogP contribution in [0.15, 0.2) is 66.2 Å². The maximum atomic E-state index is 13.5. The van der Waals surface area contributed by atoms with E-state index >= 15 is 0 Å². The second-order valence-corrected chi connectivity index (χ2v) is 9.32. The molecule has 1 unspecified atom stereocenters. The predicted molar refractivity (Wildman–Crippen MR) is 141 cm³/mol. The summed E-state index contributed by atoms with van der Waals surface area (Å²) >= 11 is 0. The highest BCUT2D eigenvalue weighted by molar-refractivity contribution is 6.51. The van der Waals surface area contributed by atoms with Crippen LogP contribution in [0, 0.1) is 0 Å². The van der Waals surface area contributed by atoms with Gasteiger partial charge in [-0.1, -0.05) is 12.1 Å². The standard InChI is InChI=1S/C29H23N3O7/c1-38-19-6-2-4-16(13-19)24-23(25(33)17-8-10-22-15(12-17)5-3-11-39-22)26(34)27(35)32(24)29-30-20-9-7-18(28(36)37)14-21(20)31-29/h2,4,6-10,12-14,24,33H,3,5,11H2,1H3,(H,30,31)(H,36,37)/b25-23+. The molecule has 0 bridgehead atoms. The Morgan fingerprint density at radius 3 is 2.69 bits per heavy atom. The topological polar surface area (TPSA) is 142 Å². The molecule has 10 heteroatoms. The van der Waals surface area contributed by atoms with E-state index in [1.165, 1.54) is 30.2 Å². The lowest BCUT2D eigenvalue weighted by Crippen LogP contribution is -2.30. The normalized spacial score (nSPS) is 18.2. The smallest absolute Gasteiger partial charge is 0.335 e. The van der Waals surface area contributed by atoms with Crippen molar-refractivity contribution in [2.75, 3.05) is 18.6 Å². The summed E-state index contributed by atoms with van der Waals surface area (Å²) in [7, 11) is 1.50. The van der Waals surface area contributed by atoms with E-state index in [1.807, 2.05) is 0 Å². The molecule has 1 fully saturated rings. The number of anilines is 1. The van der Waals surface area contributed by atoms with Crippen LogP contribution in [-0.4, -0.2) is 51.6 Å². The number of nitrogens with one attached hydrogen (secondary N) is 1. The third-order valence-electron chi connectivity index (χ3n) is 6.98. The van der Waals surface area contributed by atoms with E-state index in [4.69, 9.17) is 9.47 Å². The van der Waals surface area contributed by atoms with Crippen molar-refractivity contribution >= 4 is 40.4 Å². The summed E-state index contributed by atoms with van der Waals surface area (Å²) in [5.41, 5.74) is 2.55. The highest BCUT2D eigenvalue weighted by Crippen LogP contribution is 2.43. The highest BCUT2D eigenvalue weighted by Gasteiger charge is 2.48. The minimum Gasteiger partial charge on any atom is -0.507 e. The Morgan fingerprint density at radius 2 is 1.90 bits per heavy atom. The second kappa shape index (κ2) is 9.32. The molecule has 39 heavy (non-hydrogen) atoms. The zero-order valence-electron chi connectivity index (χ0n) is 20.8. The molecule has 0 radical (unpaired) electrons. The number of aliphatic hydroxyl groups excluding tert-OH is 1. The van der Waals surface area contributed by atoms with Crippen LogP contribution >= 0.6 is 0 Å². The van der Waals surface area contributed by atoms with Gasteiger partial charge >= 0.3 is 11.9 Å². The highest BCUT2D eigenvalue weighted by atomic mass is 16.5. The number of carboxylic acid groups (broad SMARTS) is 1. The molecule has 10 nitrogen and oxygen atoms in total. The number of methoxy groups -OCH3 is 1. The van der Waals surface area contributed by atoms with Crippen LogP contribution in [0.1, 0.15) is 39.5 Å². The Bertz CT molecular complexity index is 1700. The molecule has 196 valence electrons. The third kappa shape index (κ3) is 4.06. The van der Waals surface area contributed by atoms with E-state index in [0.717, 1.165) is 24.2 Å². The largest absolute Gasteiger partial charge is 0.507 e. The fourth-order valence-electron chi connectivity index (χ4n) is 5.08. The van der Waals surface area contributed by atoms with Gasteiger partial charge in [-0.25, -0.2) is 9.78 Å². The first-order valence-electron chi connectivity index (χ1n) is 12.3. The van der Waals surface area contributed by atoms with Crippen LogP contribution < -0.4 is 14.4 Å². The van der Waals surface area contributed by atoms with Gasteiger partial charge in [0, 0.05) is 5.56 Å². The summed E-state index contributed by atoms with van der Waals surface area (Å²) < 4.78 is 11.1. The molecule has 3 N–H and O–H groups in total. The number of carboxylic acids is 1. The van der Waals surface area contributed by atoms with Crippen molar-refractivity contribution in [3.8, 4) is 11.5 Å². The van der Waals surface area contributed by atoms with Crippen molar-refractivity contribution in [2.24, 2.45) is 0 Å². The van der Waals surface area contributed by atoms with Crippen molar-refractivity contribution < 1.29 is 34.1 Å². The molecule has 6 rings (SSSR count). The molecule has 2 aliphatic heterocycles. The summed E-state index contributed by atoms with van der Waals surface area (Å²) in [6.07, 6.45) is 1.60. The van der Waals surface area contributed by atoms with Crippen LogP contribution in [0.25, 0.3) is 16.8 Å². The Kier molecular flexibility index (Phi) is 5.79. The van der Waals surface area contributed by atoms with Crippen molar-refractivity contribution in [3.63, 3.8) is 0 Å². The number of aromatic amines is 1. The van der Waals surface area contributed by atoms with Gasteiger partial charge in [0.2, 0.25) is 5.95 Å². The Labute approximate surface area is 222 Å². The molecule has 1 aromatic heterocycles. The summed E-state index contributed by atoms with van der Waals surface area (Å²) in [5, 5.41) is 20.8. The number of aliphatic hydroxyl groups is 1. The maximum absolute atomic E-state index is 13.5. The van der Waals surface area contributed by atoms with Gasteiger partial charge in [0.25, 0.3) is 5.78 Å². The van der Waals surface area contributed by atoms with E-state index in [-0.39, 0.29) is 22.8 Å². The van der Waals surface area contributed by atoms with E-state index < -0.39 is 23.7 Å². The number of hydrogen-bond acceptors (Lipinski definition) is 7. The van der Waals surface area contributed by atoms with Gasteiger partial charge in [0.15, 0.2) is 0 Å². The van der Waals surface area contributed by atoms with Crippen molar-refractivity contribution in [1.29, 1.82) is 0 Å². The Balaban J connectivity index is 1.53. The quantitative estimate of drug-likeness (QED) is 0.200. The molecule has 0 spiro atoms. The SMILES string of the molecule is COc1cccc(C2/C(=C(\O)c3ccc4c(c3)CCCO4)C(=O)C(=O)N2c2nc3ccc(C(=O)O)cc3[nH]2)c1. The number of benzene rings is 3. The van der Waals surface area contributed by atoms with Gasteiger partial charge in [0.05, 0.1) is 41.9 Å². The van der Waals surface area contributed by atoms with Crippen LogP contribution in [0.2, 0.25) is 0 Å². The molecule has 1 amide bonds. The number of nitrogens with zero attached hydrogens (tertiary/aromatic N) is 2. The number of imidazole rings is 1. The molecule has 3 heterocycles. The number of aromatic carboxylic acids is 1. The lowest BCUT2D eigenvalue weighted by Gasteiger charge is -2.23. The van der Waals surface area contributed by atoms with Gasteiger partial charge in [-0.3, -0.25) is 14.5 Å². The minimum absolute atomic E-state index is 0.0420. The minimum atomic E-state index is -1.11. The van der Waals surface area contributed by atoms with E-state index in [2.05, 4.69) is 9.97 Å². The molecule has 2 aliphatic rings. The number of carbonyl (C=O) groups is 3. The molecule has 3 aromatic carbocycles. The summed E-state index contributed by atoms with van der Waals surface area (Å²) in [5.74, 6) is -1.92. The number of amides is 1. The van der Waals surface area contributed by atoms with E-state index in [9.17, 15) is 24.6 Å². The molecule has 1 atom stereocenters. The maximum Gasteiger partial charge on any atom is 0.335 e. The number of fused-ring (bicyclic) bond motifs is 2. The molecule has 4 aromatic rings.